The van der Waals surface area contributed by atoms with Crippen LogP contribution in [0.3, 0.4) is 0 Å². The number of benzene rings is 1. The van der Waals surface area contributed by atoms with Crippen LogP contribution in [0.25, 0.3) is 0 Å². The lowest BCUT2D eigenvalue weighted by molar-refractivity contribution is -0.134. The van der Waals surface area contributed by atoms with Gasteiger partial charge in [0.15, 0.2) is 5.16 Å². The molecule has 0 aliphatic carbocycles. The molecule has 1 amide bonds. The lowest BCUT2D eigenvalue weighted by Gasteiger charge is -2.30. The molecule has 2 aromatic heterocycles. The molecule has 3 heterocycles. The summed E-state index contributed by atoms with van der Waals surface area (Å²) in [4.78, 5) is 15.1. The molecular weight excluding hydrogens is 364 g/mol. The highest BCUT2D eigenvalue weighted by molar-refractivity contribution is 8.00. The van der Waals surface area contributed by atoms with Crippen molar-refractivity contribution in [2.75, 3.05) is 26.3 Å². The van der Waals surface area contributed by atoms with Crippen LogP contribution in [-0.4, -0.2) is 51.9 Å². The number of aromatic nitrogens is 3. The fraction of sp³-hybridized carbons (Fsp3) is 0.316. The van der Waals surface area contributed by atoms with Crippen molar-refractivity contribution in [3.05, 3.63) is 66.4 Å². The summed E-state index contributed by atoms with van der Waals surface area (Å²) < 4.78 is 12.7. The zero-order chi connectivity index (χ0) is 18.5. The van der Waals surface area contributed by atoms with Crippen molar-refractivity contribution in [1.82, 2.24) is 19.7 Å². The number of thioether (sulfide) groups is 1. The summed E-state index contributed by atoms with van der Waals surface area (Å²) in [5.74, 6) is 0.884. The van der Waals surface area contributed by atoms with Gasteiger partial charge in [-0.25, -0.2) is 0 Å². The first kappa shape index (κ1) is 17.8. The van der Waals surface area contributed by atoms with Gasteiger partial charge in [0.05, 0.1) is 26.0 Å². The minimum Gasteiger partial charge on any atom is -0.467 e. The Labute approximate surface area is 161 Å². The number of furan rings is 1. The number of ether oxygens (including phenoxy) is 1. The van der Waals surface area contributed by atoms with Crippen LogP contribution in [0.15, 0.2) is 64.6 Å². The Balaban J connectivity index is 1.58. The molecule has 1 atom stereocenters. The van der Waals surface area contributed by atoms with E-state index in [0.717, 1.165) is 11.3 Å². The third kappa shape index (κ3) is 4.23. The molecule has 140 valence electrons. The molecule has 1 aliphatic heterocycles. The summed E-state index contributed by atoms with van der Waals surface area (Å²) in [6.07, 6.45) is 3.30. The van der Waals surface area contributed by atoms with E-state index in [1.807, 2.05) is 51.9 Å². The number of amides is 1. The van der Waals surface area contributed by atoms with Crippen LogP contribution in [0.2, 0.25) is 0 Å². The number of carbonyl (C=O) groups is 1. The van der Waals surface area contributed by atoms with Gasteiger partial charge in [-0.15, -0.1) is 10.2 Å². The lowest BCUT2D eigenvalue weighted by Crippen LogP contribution is -2.42. The second-order valence-electron chi connectivity index (χ2n) is 6.17. The van der Waals surface area contributed by atoms with Crippen LogP contribution in [-0.2, 0) is 16.1 Å². The van der Waals surface area contributed by atoms with E-state index in [1.165, 1.54) is 11.8 Å². The van der Waals surface area contributed by atoms with Gasteiger partial charge >= 0.3 is 0 Å². The molecule has 0 spiro atoms. The maximum Gasteiger partial charge on any atom is 0.240 e. The first-order chi connectivity index (χ1) is 13.3. The van der Waals surface area contributed by atoms with E-state index in [-0.39, 0.29) is 11.2 Å². The Bertz CT molecular complexity index is 860. The van der Waals surface area contributed by atoms with Gasteiger partial charge in [0.1, 0.15) is 17.3 Å². The summed E-state index contributed by atoms with van der Waals surface area (Å²) in [5, 5.41) is 8.55. The first-order valence-electron chi connectivity index (χ1n) is 8.79. The van der Waals surface area contributed by atoms with Gasteiger partial charge in [0.25, 0.3) is 0 Å². The average molecular weight is 384 g/mol. The van der Waals surface area contributed by atoms with Gasteiger partial charge < -0.3 is 18.6 Å². The molecule has 0 radical (unpaired) electrons. The van der Waals surface area contributed by atoms with E-state index in [4.69, 9.17) is 9.15 Å². The fourth-order valence-electron chi connectivity index (χ4n) is 2.96. The van der Waals surface area contributed by atoms with E-state index < -0.39 is 0 Å². The van der Waals surface area contributed by atoms with Crippen LogP contribution in [0.1, 0.15) is 16.6 Å². The number of hydrogen-bond acceptors (Lipinski definition) is 6. The van der Waals surface area contributed by atoms with Crippen LogP contribution >= 0.6 is 11.8 Å². The second kappa shape index (κ2) is 8.41. The monoisotopic (exact) mass is 384 g/mol. The van der Waals surface area contributed by atoms with Crippen molar-refractivity contribution in [2.45, 2.75) is 17.0 Å². The highest BCUT2D eigenvalue weighted by Crippen LogP contribution is 2.36. The highest BCUT2D eigenvalue weighted by Gasteiger charge is 2.29. The van der Waals surface area contributed by atoms with Crippen molar-refractivity contribution in [3.8, 4) is 0 Å². The quantitative estimate of drug-likeness (QED) is 0.608. The summed E-state index contributed by atoms with van der Waals surface area (Å²) >= 11 is 1.41. The Morgan fingerprint density at radius 2 is 1.96 bits per heavy atom. The number of carbonyl (C=O) groups excluding carboxylic acids is 1. The second-order valence-corrected chi connectivity index (χ2v) is 7.24. The lowest BCUT2D eigenvalue weighted by atomic mass is 10.1. The molecular formula is C19H20N4O3S. The van der Waals surface area contributed by atoms with E-state index >= 15 is 0 Å². The highest BCUT2D eigenvalue weighted by atomic mass is 32.2. The van der Waals surface area contributed by atoms with Gasteiger partial charge in [-0.2, -0.15) is 0 Å². The molecule has 1 saturated heterocycles. The Morgan fingerprint density at radius 1 is 1.15 bits per heavy atom. The molecule has 0 saturated carbocycles. The van der Waals surface area contributed by atoms with Crippen molar-refractivity contribution in [2.24, 2.45) is 0 Å². The Morgan fingerprint density at radius 3 is 2.70 bits per heavy atom. The Kier molecular flexibility index (Phi) is 5.55. The van der Waals surface area contributed by atoms with Gasteiger partial charge in [-0.1, -0.05) is 42.1 Å². The third-order valence-electron chi connectivity index (χ3n) is 4.36. The van der Waals surface area contributed by atoms with Gasteiger partial charge in [-0.3, -0.25) is 4.79 Å². The maximum atomic E-state index is 13.2. The number of rotatable bonds is 6. The largest absolute Gasteiger partial charge is 0.467 e. The number of morpholine rings is 1. The van der Waals surface area contributed by atoms with E-state index in [9.17, 15) is 4.79 Å². The van der Waals surface area contributed by atoms with E-state index in [0.29, 0.717) is 38.0 Å². The van der Waals surface area contributed by atoms with Crippen molar-refractivity contribution in [3.63, 3.8) is 0 Å². The summed E-state index contributed by atoms with van der Waals surface area (Å²) in [6.45, 7) is 2.90. The van der Waals surface area contributed by atoms with Gasteiger partial charge in [0.2, 0.25) is 5.91 Å². The van der Waals surface area contributed by atoms with Crippen LogP contribution in [0.5, 0.6) is 0 Å². The molecule has 27 heavy (non-hydrogen) atoms. The molecule has 1 unspecified atom stereocenters. The van der Waals surface area contributed by atoms with Gasteiger partial charge in [-0.05, 0) is 17.7 Å². The van der Waals surface area contributed by atoms with Crippen molar-refractivity contribution in [1.29, 1.82) is 0 Å². The smallest absolute Gasteiger partial charge is 0.240 e. The molecule has 4 rings (SSSR count). The molecule has 1 aliphatic rings. The topological polar surface area (TPSA) is 73.4 Å². The zero-order valence-electron chi connectivity index (χ0n) is 14.7. The minimum atomic E-state index is -0.385. The first-order valence-corrected chi connectivity index (χ1v) is 9.67. The SMILES string of the molecule is O=C(C(Sc1nncn1Cc1ccco1)c1ccccc1)N1CCOCC1. The summed E-state index contributed by atoms with van der Waals surface area (Å²) in [7, 11) is 0. The average Bonchev–Trinajstić information content (AvgIpc) is 3.39. The standard InChI is InChI=1S/C19H20N4O3S/c24-18(22-8-11-25-12-9-22)17(15-5-2-1-3-6-15)27-19-21-20-14-23(19)13-16-7-4-10-26-16/h1-7,10,14,17H,8-9,11-13H2. The molecule has 0 N–H and O–H groups in total. The Hall–Kier alpha value is -2.58. The molecule has 0 bridgehead atoms. The fourth-order valence-corrected chi connectivity index (χ4v) is 4.05. The van der Waals surface area contributed by atoms with Gasteiger partial charge in [0, 0.05) is 13.1 Å². The van der Waals surface area contributed by atoms with E-state index in [2.05, 4.69) is 10.2 Å². The summed E-state index contributed by atoms with van der Waals surface area (Å²) in [6, 6.07) is 13.5. The van der Waals surface area contributed by atoms with Crippen LogP contribution < -0.4 is 0 Å². The zero-order valence-corrected chi connectivity index (χ0v) is 15.5. The van der Waals surface area contributed by atoms with Crippen molar-refractivity contribution >= 4 is 17.7 Å². The predicted octanol–water partition coefficient (Wildman–Crippen LogP) is 2.61. The predicted molar refractivity (Wildman–Crippen MR) is 100 cm³/mol. The van der Waals surface area contributed by atoms with Crippen molar-refractivity contribution < 1.29 is 13.9 Å². The maximum absolute atomic E-state index is 13.2. The molecule has 3 aromatic rings. The molecule has 8 heteroatoms. The number of hydrogen-bond donors (Lipinski definition) is 0. The normalized spacial score (nSPS) is 15.6. The molecule has 7 nitrogen and oxygen atoms in total. The molecule has 1 aromatic carbocycles. The van der Waals surface area contributed by atoms with Crippen LogP contribution in [0, 0.1) is 0 Å². The number of nitrogens with zero attached hydrogens (tertiary/aromatic N) is 4. The van der Waals surface area contributed by atoms with Crippen LogP contribution in [0.4, 0.5) is 0 Å². The van der Waals surface area contributed by atoms with E-state index in [1.54, 1.807) is 12.6 Å². The minimum absolute atomic E-state index is 0.0713. The summed E-state index contributed by atoms with van der Waals surface area (Å²) in [5.41, 5.74) is 0.951. The molecule has 1 fully saturated rings. The third-order valence-corrected chi connectivity index (χ3v) is 5.60.